The molecule has 0 aliphatic carbocycles. The molecule has 2 aromatic heterocycles. The number of carbonyl (C=O) groups is 3. The number of thiophene rings is 1. The molecule has 2 N–H and O–H groups in total. The van der Waals surface area contributed by atoms with Crippen LogP contribution in [0.5, 0.6) is 11.5 Å². The van der Waals surface area contributed by atoms with Gasteiger partial charge in [0.1, 0.15) is 5.75 Å². The van der Waals surface area contributed by atoms with Crippen molar-refractivity contribution < 1.29 is 28.6 Å². The van der Waals surface area contributed by atoms with Gasteiger partial charge in [-0.05, 0) is 44.4 Å². The van der Waals surface area contributed by atoms with E-state index in [1.165, 1.54) is 0 Å². The lowest BCUT2D eigenvalue weighted by molar-refractivity contribution is -0.143. The average molecular weight is 471 g/mol. The molecular formula is C22H21N3O7S. The summed E-state index contributed by atoms with van der Waals surface area (Å²) in [6, 6.07) is 10.0. The van der Waals surface area contributed by atoms with Gasteiger partial charge in [0.05, 0.1) is 23.1 Å². The zero-order chi connectivity index (χ0) is 24.2. The third-order valence-electron chi connectivity index (χ3n) is 4.13. The van der Waals surface area contributed by atoms with Gasteiger partial charge in [-0.15, -0.1) is 11.3 Å². The Hall–Kier alpha value is -3.99. The quantitative estimate of drug-likeness (QED) is 0.536. The average Bonchev–Trinajstić information content (AvgIpc) is 3.22. The molecule has 172 valence electrons. The minimum Gasteiger partial charge on any atom is -0.464 e. The van der Waals surface area contributed by atoms with Crippen LogP contribution in [0, 0.1) is 5.41 Å². The molecule has 0 unspecified atom stereocenters. The molecule has 0 radical (unpaired) electrons. The monoisotopic (exact) mass is 471 g/mol. The Bertz CT molecular complexity index is 1240. The van der Waals surface area contributed by atoms with Crippen LogP contribution in [0.2, 0.25) is 0 Å². The predicted octanol–water partition coefficient (Wildman–Crippen LogP) is 3.85. The molecule has 0 atom stereocenters. The first-order valence-corrected chi connectivity index (χ1v) is 10.5. The van der Waals surface area contributed by atoms with Crippen LogP contribution in [0.15, 0.2) is 46.6 Å². The highest BCUT2D eigenvalue weighted by Gasteiger charge is 2.29. The third-order valence-corrected chi connectivity index (χ3v) is 5.05. The zero-order valence-corrected chi connectivity index (χ0v) is 19.1. The van der Waals surface area contributed by atoms with Crippen LogP contribution < -0.4 is 20.3 Å². The fourth-order valence-corrected chi connectivity index (χ4v) is 3.26. The van der Waals surface area contributed by atoms with Crippen molar-refractivity contribution >= 4 is 35.1 Å². The number of H-pyrrole nitrogens is 1. The van der Waals surface area contributed by atoms with Crippen LogP contribution in [0.4, 0.5) is 10.5 Å². The molecule has 0 aliphatic rings. The van der Waals surface area contributed by atoms with E-state index in [4.69, 9.17) is 14.2 Å². The van der Waals surface area contributed by atoms with Gasteiger partial charge in [-0.1, -0.05) is 18.2 Å². The van der Waals surface area contributed by atoms with E-state index in [0.29, 0.717) is 16.3 Å². The molecular weight excluding hydrogens is 450 g/mol. The number of benzene rings is 1. The highest BCUT2D eigenvalue weighted by Crippen LogP contribution is 2.32. The van der Waals surface area contributed by atoms with Gasteiger partial charge in [-0.2, -0.15) is 0 Å². The maximum absolute atomic E-state index is 12.7. The van der Waals surface area contributed by atoms with E-state index in [9.17, 15) is 19.2 Å². The van der Waals surface area contributed by atoms with Crippen LogP contribution in [-0.4, -0.2) is 35.1 Å². The lowest BCUT2D eigenvalue weighted by Crippen LogP contribution is -2.30. The second-order valence-corrected chi connectivity index (χ2v) is 8.63. The topological polar surface area (TPSA) is 137 Å². The van der Waals surface area contributed by atoms with Gasteiger partial charge in [0.2, 0.25) is 5.75 Å². The summed E-state index contributed by atoms with van der Waals surface area (Å²) >= 11 is 1.15. The molecule has 3 aromatic rings. The number of rotatable bonds is 5. The van der Waals surface area contributed by atoms with Gasteiger partial charge in [0, 0.05) is 0 Å². The molecule has 0 saturated carbocycles. The minimum absolute atomic E-state index is 0.0269. The number of aromatic amines is 1. The summed E-state index contributed by atoms with van der Waals surface area (Å²) in [7, 11) is 1.11. The van der Waals surface area contributed by atoms with E-state index in [1.54, 1.807) is 62.5 Å². The van der Waals surface area contributed by atoms with Crippen molar-refractivity contribution in [3.63, 3.8) is 0 Å². The Balaban J connectivity index is 1.94. The van der Waals surface area contributed by atoms with Gasteiger partial charge >= 0.3 is 18.0 Å². The number of ether oxygens (including phenoxy) is 3. The summed E-state index contributed by atoms with van der Waals surface area (Å²) in [5.74, 6) is -1.94. The van der Waals surface area contributed by atoms with Crippen molar-refractivity contribution in [1.29, 1.82) is 0 Å². The maximum atomic E-state index is 12.7. The van der Waals surface area contributed by atoms with Crippen molar-refractivity contribution in [1.82, 2.24) is 9.97 Å². The van der Waals surface area contributed by atoms with E-state index in [-0.39, 0.29) is 5.82 Å². The normalized spacial score (nSPS) is 10.9. The van der Waals surface area contributed by atoms with E-state index in [2.05, 4.69) is 15.3 Å². The summed E-state index contributed by atoms with van der Waals surface area (Å²) in [6.07, 6.45) is -0.757. The lowest BCUT2D eigenvalue weighted by Gasteiger charge is -2.17. The molecule has 1 aromatic carbocycles. The number of aromatic nitrogens is 2. The molecule has 0 spiro atoms. The van der Waals surface area contributed by atoms with E-state index in [1.807, 2.05) is 0 Å². The second kappa shape index (κ2) is 9.65. The number of methoxy groups -OCH3 is 1. The number of carbonyl (C=O) groups excluding carboxylic acids is 3. The van der Waals surface area contributed by atoms with Crippen molar-refractivity contribution in [2.45, 2.75) is 20.8 Å². The summed E-state index contributed by atoms with van der Waals surface area (Å²) < 4.78 is 15.1. The minimum atomic E-state index is -0.964. The number of esters is 2. The largest absolute Gasteiger partial charge is 0.464 e. The number of hydrogen-bond acceptors (Lipinski definition) is 9. The summed E-state index contributed by atoms with van der Waals surface area (Å²) in [5.41, 5.74) is -1.97. The SMILES string of the molecule is COC(=O)c1nc(-c2sccc2NC(=O)Oc2ccccc2)[nH]c(=O)c1OC(=O)C(C)(C)C. The zero-order valence-electron chi connectivity index (χ0n) is 18.3. The van der Waals surface area contributed by atoms with Crippen LogP contribution >= 0.6 is 11.3 Å². The molecule has 1 amide bonds. The molecule has 3 rings (SSSR count). The molecule has 10 nitrogen and oxygen atoms in total. The van der Waals surface area contributed by atoms with E-state index in [0.717, 1.165) is 18.4 Å². The van der Waals surface area contributed by atoms with Crippen LogP contribution in [-0.2, 0) is 9.53 Å². The second-order valence-electron chi connectivity index (χ2n) is 7.71. The van der Waals surface area contributed by atoms with Gasteiger partial charge in [0.15, 0.2) is 11.5 Å². The third kappa shape index (κ3) is 5.63. The van der Waals surface area contributed by atoms with Crippen LogP contribution in [0.3, 0.4) is 0 Å². The lowest BCUT2D eigenvalue weighted by atomic mass is 9.97. The molecule has 0 aliphatic heterocycles. The Kier molecular flexibility index (Phi) is 6.92. The molecule has 0 fully saturated rings. The highest BCUT2D eigenvalue weighted by atomic mass is 32.1. The fraction of sp³-hybridized carbons (Fsp3) is 0.227. The first-order valence-electron chi connectivity index (χ1n) is 9.67. The summed E-state index contributed by atoms with van der Waals surface area (Å²) in [4.78, 5) is 56.5. The maximum Gasteiger partial charge on any atom is 0.417 e. The Morgan fingerprint density at radius 2 is 1.76 bits per heavy atom. The van der Waals surface area contributed by atoms with Crippen LogP contribution in [0.25, 0.3) is 10.7 Å². The number of para-hydroxylation sites is 1. The van der Waals surface area contributed by atoms with Gasteiger partial charge in [-0.25, -0.2) is 14.6 Å². The predicted molar refractivity (Wildman–Crippen MR) is 121 cm³/mol. The highest BCUT2D eigenvalue weighted by molar-refractivity contribution is 7.14. The smallest absolute Gasteiger partial charge is 0.417 e. The number of anilines is 1. The van der Waals surface area contributed by atoms with Gasteiger partial charge in [0.25, 0.3) is 5.56 Å². The Labute approximate surface area is 192 Å². The molecule has 11 heteroatoms. The molecule has 0 bridgehead atoms. The number of amides is 1. The van der Waals surface area contributed by atoms with Crippen molar-refractivity contribution in [2.24, 2.45) is 5.41 Å². The van der Waals surface area contributed by atoms with Crippen molar-refractivity contribution in [2.75, 3.05) is 12.4 Å². The van der Waals surface area contributed by atoms with Crippen LogP contribution in [0.1, 0.15) is 31.3 Å². The number of nitrogens with one attached hydrogen (secondary N) is 2. The Morgan fingerprint density at radius 1 is 1.06 bits per heavy atom. The van der Waals surface area contributed by atoms with E-state index >= 15 is 0 Å². The van der Waals surface area contributed by atoms with E-state index < -0.39 is 40.4 Å². The number of nitrogens with zero attached hydrogens (tertiary/aromatic N) is 1. The number of hydrogen-bond donors (Lipinski definition) is 2. The van der Waals surface area contributed by atoms with Crippen molar-refractivity contribution in [3.05, 3.63) is 57.8 Å². The first kappa shape index (κ1) is 23.7. The summed E-state index contributed by atoms with van der Waals surface area (Å²) in [6.45, 7) is 4.80. The molecule has 0 saturated heterocycles. The van der Waals surface area contributed by atoms with Gasteiger partial charge < -0.3 is 19.2 Å². The Morgan fingerprint density at radius 3 is 2.39 bits per heavy atom. The first-order chi connectivity index (χ1) is 15.6. The molecule has 33 heavy (non-hydrogen) atoms. The fourth-order valence-electron chi connectivity index (χ4n) is 2.47. The molecule has 2 heterocycles. The summed E-state index contributed by atoms with van der Waals surface area (Å²) in [5, 5.41) is 4.22. The van der Waals surface area contributed by atoms with Gasteiger partial charge in [-0.3, -0.25) is 14.9 Å². The standard InChI is InChI=1S/C22H21N3O7S/c1-22(2,3)20(28)32-15-14(19(27)30-4)24-17(25-18(15)26)16-13(10-11-33-16)23-21(29)31-12-8-6-5-7-9-12/h5-11H,1-4H3,(H,23,29)(H,24,25,26). The van der Waals surface area contributed by atoms with Crippen molar-refractivity contribution in [3.8, 4) is 22.2 Å².